The second kappa shape index (κ2) is 6.06. The van der Waals surface area contributed by atoms with Gasteiger partial charge in [-0.05, 0) is 25.3 Å². The topological polar surface area (TPSA) is 71.5 Å². The average Bonchev–Trinajstić information content (AvgIpc) is 2.37. The van der Waals surface area contributed by atoms with Gasteiger partial charge in [-0.1, -0.05) is 29.8 Å². The number of sulfonamides is 1. The van der Waals surface area contributed by atoms with Crippen LogP contribution in [-0.2, 0) is 25.6 Å². The Morgan fingerprint density at radius 2 is 1.76 bits per heavy atom. The predicted molar refractivity (Wildman–Crippen MR) is 83.2 cm³/mol. The van der Waals surface area contributed by atoms with Crippen LogP contribution >= 0.6 is 0 Å². The van der Waals surface area contributed by atoms with Crippen LogP contribution in [0.15, 0.2) is 24.3 Å². The van der Waals surface area contributed by atoms with E-state index in [-0.39, 0.29) is 18.8 Å². The Bertz CT molecular complexity index is 702. The number of piperidine rings is 1. The van der Waals surface area contributed by atoms with E-state index >= 15 is 0 Å². The van der Waals surface area contributed by atoms with E-state index in [1.807, 2.05) is 25.1 Å². The van der Waals surface area contributed by atoms with E-state index in [0.717, 1.165) is 11.1 Å². The van der Waals surface area contributed by atoms with Crippen LogP contribution in [0.3, 0.4) is 0 Å². The van der Waals surface area contributed by atoms with Gasteiger partial charge in [0.2, 0.25) is 10.0 Å². The van der Waals surface area contributed by atoms with E-state index in [1.165, 1.54) is 10.6 Å². The summed E-state index contributed by atoms with van der Waals surface area (Å²) in [7, 11) is -6.46. The summed E-state index contributed by atoms with van der Waals surface area (Å²) < 4.78 is 49.2. The molecule has 21 heavy (non-hydrogen) atoms. The molecule has 2 rings (SSSR count). The zero-order valence-corrected chi connectivity index (χ0v) is 14.0. The van der Waals surface area contributed by atoms with Crippen molar-refractivity contribution in [1.82, 2.24) is 4.31 Å². The fourth-order valence-electron chi connectivity index (χ4n) is 2.64. The lowest BCUT2D eigenvalue weighted by Crippen LogP contribution is -2.42. The second-order valence-corrected chi connectivity index (χ2v) is 9.97. The number of hydrogen-bond donors (Lipinski definition) is 0. The molecule has 1 aromatic carbocycles. The van der Waals surface area contributed by atoms with Crippen molar-refractivity contribution in [2.24, 2.45) is 0 Å². The van der Waals surface area contributed by atoms with E-state index in [9.17, 15) is 16.8 Å². The maximum atomic E-state index is 12.4. The van der Waals surface area contributed by atoms with Gasteiger partial charge in [0.15, 0.2) is 0 Å². The second-order valence-electron chi connectivity index (χ2n) is 5.67. The minimum absolute atomic E-state index is 0.0295. The standard InChI is InChI=1S/C14H21NO4S2/c1-12-4-3-5-13(10-12)11-21(18,19)15-8-6-14(7-9-15)20(2,16)17/h3-5,10,14H,6-9,11H2,1-2H3. The Kier molecular flexibility index (Phi) is 4.75. The molecule has 118 valence electrons. The Morgan fingerprint density at radius 3 is 2.29 bits per heavy atom. The van der Waals surface area contributed by atoms with Crippen molar-refractivity contribution in [3.63, 3.8) is 0 Å². The Hall–Kier alpha value is -0.920. The maximum Gasteiger partial charge on any atom is 0.218 e. The molecule has 0 bridgehead atoms. The van der Waals surface area contributed by atoms with Gasteiger partial charge in [-0.2, -0.15) is 0 Å². The van der Waals surface area contributed by atoms with Crippen molar-refractivity contribution in [2.45, 2.75) is 30.8 Å². The third-order valence-electron chi connectivity index (χ3n) is 3.83. The summed E-state index contributed by atoms with van der Waals surface area (Å²) in [4.78, 5) is 0. The fraction of sp³-hybridized carbons (Fsp3) is 0.571. The van der Waals surface area contributed by atoms with E-state index in [4.69, 9.17) is 0 Å². The Balaban J connectivity index is 2.05. The van der Waals surface area contributed by atoms with Crippen LogP contribution in [0.5, 0.6) is 0 Å². The molecule has 5 nitrogen and oxygen atoms in total. The van der Waals surface area contributed by atoms with Crippen molar-refractivity contribution in [3.8, 4) is 0 Å². The number of hydrogen-bond acceptors (Lipinski definition) is 4. The van der Waals surface area contributed by atoms with Gasteiger partial charge in [-0.15, -0.1) is 0 Å². The highest BCUT2D eigenvalue weighted by molar-refractivity contribution is 7.91. The normalized spacial score (nSPS) is 18.8. The lowest BCUT2D eigenvalue weighted by Gasteiger charge is -2.30. The van der Waals surface area contributed by atoms with Gasteiger partial charge in [0, 0.05) is 19.3 Å². The molecule has 1 aliphatic rings. The third kappa shape index (κ3) is 4.28. The molecule has 0 aliphatic carbocycles. The zero-order valence-electron chi connectivity index (χ0n) is 12.3. The summed E-state index contributed by atoms with van der Waals surface area (Å²) in [5, 5.41) is -0.414. The quantitative estimate of drug-likeness (QED) is 0.834. The van der Waals surface area contributed by atoms with Crippen LogP contribution in [-0.4, -0.2) is 45.7 Å². The first kappa shape index (κ1) is 16.5. The molecule has 0 N–H and O–H groups in total. The summed E-state index contributed by atoms with van der Waals surface area (Å²) in [5.41, 5.74) is 1.79. The Labute approximate surface area is 126 Å². The predicted octanol–water partition coefficient (Wildman–Crippen LogP) is 1.33. The minimum Gasteiger partial charge on any atom is -0.229 e. The van der Waals surface area contributed by atoms with Gasteiger partial charge in [0.1, 0.15) is 9.84 Å². The molecule has 1 heterocycles. The van der Waals surface area contributed by atoms with Crippen LogP contribution in [0.1, 0.15) is 24.0 Å². The molecule has 1 fully saturated rings. The first-order chi connectivity index (χ1) is 9.68. The lowest BCUT2D eigenvalue weighted by atomic mass is 10.2. The third-order valence-corrected chi connectivity index (χ3v) is 7.36. The molecular formula is C14H21NO4S2. The van der Waals surface area contributed by atoms with Crippen molar-refractivity contribution in [3.05, 3.63) is 35.4 Å². The van der Waals surface area contributed by atoms with Crippen molar-refractivity contribution < 1.29 is 16.8 Å². The van der Waals surface area contributed by atoms with Crippen molar-refractivity contribution >= 4 is 19.9 Å². The van der Waals surface area contributed by atoms with Gasteiger partial charge in [-0.25, -0.2) is 21.1 Å². The van der Waals surface area contributed by atoms with E-state index in [2.05, 4.69) is 0 Å². The maximum absolute atomic E-state index is 12.4. The fourth-order valence-corrected chi connectivity index (χ4v) is 5.26. The van der Waals surface area contributed by atoms with Gasteiger partial charge >= 0.3 is 0 Å². The van der Waals surface area contributed by atoms with Crippen LogP contribution in [0.2, 0.25) is 0 Å². The van der Waals surface area contributed by atoms with Gasteiger partial charge in [-0.3, -0.25) is 0 Å². The molecule has 7 heteroatoms. The summed E-state index contributed by atoms with van der Waals surface area (Å²) >= 11 is 0. The Morgan fingerprint density at radius 1 is 1.14 bits per heavy atom. The lowest BCUT2D eigenvalue weighted by molar-refractivity contribution is 0.345. The van der Waals surface area contributed by atoms with E-state index in [1.54, 1.807) is 6.07 Å². The van der Waals surface area contributed by atoms with E-state index < -0.39 is 25.1 Å². The monoisotopic (exact) mass is 331 g/mol. The molecule has 0 spiro atoms. The number of nitrogens with zero attached hydrogens (tertiary/aromatic N) is 1. The molecule has 0 unspecified atom stereocenters. The summed E-state index contributed by atoms with van der Waals surface area (Å²) in [5.74, 6) is -0.0295. The average molecular weight is 331 g/mol. The molecule has 1 aliphatic heterocycles. The highest BCUT2D eigenvalue weighted by Crippen LogP contribution is 2.21. The molecule has 0 atom stereocenters. The zero-order chi connectivity index (χ0) is 15.7. The van der Waals surface area contributed by atoms with Crippen LogP contribution in [0.25, 0.3) is 0 Å². The van der Waals surface area contributed by atoms with E-state index in [0.29, 0.717) is 12.8 Å². The number of benzene rings is 1. The van der Waals surface area contributed by atoms with Gasteiger partial charge in [0.05, 0.1) is 11.0 Å². The highest BCUT2D eigenvalue weighted by Gasteiger charge is 2.32. The molecule has 0 radical (unpaired) electrons. The molecule has 0 saturated carbocycles. The number of rotatable bonds is 4. The summed E-state index contributed by atoms with van der Waals surface area (Å²) in [6, 6.07) is 7.43. The van der Waals surface area contributed by atoms with Crippen LogP contribution < -0.4 is 0 Å². The minimum atomic E-state index is -3.38. The van der Waals surface area contributed by atoms with Crippen molar-refractivity contribution in [2.75, 3.05) is 19.3 Å². The smallest absolute Gasteiger partial charge is 0.218 e. The summed E-state index contributed by atoms with van der Waals surface area (Å²) in [6.45, 7) is 2.49. The van der Waals surface area contributed by atoms with Crippen LogP contribution in [0.4, 0.5) is 0 Å². The number of sulfone groups is 1. The molecule has 0 amide bonds. The summed E-state index contributed by atoms with van der Waals surface area (Å²) in [6.07, 6.45) is 1.98. The van der Waals surface area contributed by atoms with Crippen molar-refractivity contribution in [1.29, 1.82) is 0 Å². The van der Waals surface area contributed by atoms with Crippen LogP contribution in [0, 0.1) is 6.92 Å². The molecule has 1 aromatic rings. The largest absolute Gasteiger partial charge is 0.229 e. The van der Waals surface area contributed by atoms with Gasteiger partial charge in [0.25, 0.3) is 0 Å². The molecular weight excluding hydrogens is 310 g/mol. The number of aryl methyl sites for hydroxylation is 1. The first-order valence-electron chi connectivity index (χ1n) is 6.91. The molecule has 0 aromatic heterocycles. The first-order valence-corrected chi connectivity index (χ1v) is 10.5. The molecule has 1 saturated heterocycles. The van der Waals surface area contributed by atoms with Gasteiger partial charge < -0.3 is 0 Å². The highest BCUT2D eigenvalue weighted by atomic mass is 32.2. The SMILES string of the molecule is Cc1cccc(CS(=O)(=O)N2CCC(S(C)(=O)=O)CC2)c1.